The molecule has 3 aromatic rings. The molecule has 1 aromatic heterocycles. The summed E-state index contributed by atoms with van der Waals surface area (Å²) in [5.74, 6) is 0.0713. The molecule has 1 atom stereocenters. The van der Waals surface area contributed by atoms with E-state index in [9.17, 15) is 13.6 Å². The number of carbonyl (C=O) groups is 1. The number of halogens is 2. The van der Waals surface area contributed by atoms with Crippen molar-refractivity contribution in [2.75, 3.05) is 13.7 Å². The third-order valence-electron chi connectivity index (χ3n) is 5.09. The second-order valence-electron chi connectivity index (χ2n) is 7.94. The lowest BCUT2D eigenvalue weighted by molar-refractivity contribution is -0.128. The first-order valence-corrected chi connectivity index (χ1v) is 10.2. The summed E-state index contributed by atoms with van der Waals surface area (Å²) in [5, 5.41) is 4.04. The van der Waals surface area contributed by atoms with E-state index in [4.69, 9.17) is 14.0 Å². The summed E-state index contributed by atoms with van der Waals surface area (Å²) >= 11 is 0. The lowest BCUT2D eigenvalue weighted by Crippen LogP contribution is -2.24. The summed E-state index contributed by atoms with van der Waals surface area (Å²) in [6, 6.07) is 8.58. The van der Waals surface area contributed by atoms with Gasteiger partial charge in [0.25, 0.3) is 0 Å². The minimum atomic E-state index is -0.676. The van der Waals surface area contributed by atoms with E-state index in [1.807, 2.05) is 13.8 Å². The van der Waals surface area contributed by atoms with Crippen molar-refractivity contribution in [2.45, 2.75) is 38.8 Å². The van der Waals surface area contributed by atoms with Gasteiger partial charge in [-0.05, 0) is 49.7 Å². The molecule has 1 aliphatic rings. The molecule has 0 N–H and O–H groups in total. The molecule has 1 amide bonds. The Morgan fingerprint density at radius 1 is 1.16 bits per heavy atom. The van der Waals surface area contributed by atoms with Crippen LogP contribution in [0.4, 0.5) is 8.78 Å². The number of carbonyl (C=O) groups excluding carboxylic acids is 1. The highest BCUT2D eigenvalue weighted by Gasteiger charge is 2.34. The van der Waals surface area contributed by atoms with Crippen molar-refractivity contribution < 1.29 is 27.6 Å². The number of likely N-dealkylation sites (tertiary alicyclic amines) is 1. The maximum atomic E-state index is 13.5. The number of methoxy groups -OCH3 is 1. The fourth-order valence-electron chi connectivity index (χ4n) is 3.69. The summed E-state index contributed by atoms with van der Waals surface area (Å²) in [4.78, 5) is 18.4. The average Bonchev–Trinajstić information content (AvgIpc) is 3.34. The predicted octanol–water partition coefficient (Wildman–Crippen LogP) is 4.33. The van der Waals surface area contributed by atoms with E-state index < -0.39 is 11.6 Å². The van der Waals surface area contributed by atoms with Crippen molar-refractivity contribution in [3.63, 3.8) is 0 Å². The number of rotatable bonds is 7. The van der Waals surface area contributed by atoms with E-state index in [1.54, 1.807) is 25.3 Å². The predicted molar refractivity (Wildman–Crippen MR) is 111 cm³/mol. The molecule has 0 saturated carbocycles. The molecule has 32 heavy (non-hydrogen) atoms. The minimum Gasteiger partial charge on any atom is -0.493 e. The van der Waals surface area contributed by atoms with Gasteiger partial charge in [0.2, 0.25) is 17.6 Å². The summed E-state index contributed by atoms with van der Waals surface area (Å²) in [7, 11) is 1.55. The Morgan fingerprint density at radius 3 is 2.59 bits per heavy atom. The van der Waals surface area contributed by atoms with Gasteiger partial charge in [0.15, 0.2) is 11.5 Å². The van der Waals surface area contributed by atoms with E-state index in [0.717, 1.165) is 6.07 Å². The molecule has 2 aromatic carbocycles. The van der Waals surface area contributed by atoms with E-state index in [-0.39, 0.29) is 30.9 Å². The van der Waals surface area contributed by atoms with Crippen LogP contribution in [0.2, 0.25) is 0 Å². The number of ether oxygens (including phenoxy) is 2. The van der Waals surface area contributed by atoms with Gasteiger partial charge in [-0.3, -0.25) is 4.79 Å². The Balaban J connectivity index is 1.48. The molecule has 7 nitrogen and oxygen atoms in total. The van der Waals surface area contributed by atoms with Crippen LogP contribution in [0.15, 0.2) is 40.9 Å². The summed E-state index contributed by atoms with van der Waals surface area (Å²) in [6.45, 7) is 4.29. The van der Waals surface area contributed by atoms with Crippen molar-refractivity contribution >= 4 is 5.91 Å². The molecule has 0 bridgehead atoms. The number of benzene rings is 2. The van der Waals surface area contributed by atoms with Gasteiger partial charge >= 0.3 is 0 Å². The molecule has 168 valence electrons. The van der Waals surface area contributed by atoms with Crippen LogP contribution in [0.5, 0.6) is 11.5 Å². The Morgan fingerprint density at radius 2 is 1.91 bits per heavy atom. The SMILES string of the molecule is COc1cc(-c2noc(C3CC(=O)N(Cc4cc(F)cc(F)c4)C3)n2)ccc1OC(C)C. The second-order valence-corrected chi connectivity index (χ2v) is 7.94. The van der Waals surface area contributed by atoms with Crippen LogP contribution in [0.1, 0.15) is 37.6 Å². The quantitative estimate of drug-likeness (QED) is 0.541. The number of hydrogen-bond donors (Lipinski definition) is 0. The minimum absolute atomic E-state index is 0.00162. The molecule has 1 aliphatic heterocycles. The number of hydrogen-bond acceptors (Lipinski definition) is 6. The molecule has 1 saturated heterocycles. The van der Waals surface area contributed by atoms with E-state index in [2.05, 4.69) is 10.1 Å². The third kappa shape index (κ3) is 4.71. The average molecular weight is 443 g/mol. The molecular weight excluding hydrogens is 420 g/mol. The highest BCUT2D eigenvalue weighted by atomic mass is 19.1. The van der Waals surface area contributed by atoms with Crippen molar-refractivity contribution in [3.8, 4) is 22.9 Å². The second kappa shape index (κ2) is 8.94. The Labute approximate surface area is 183 Å². The standard InChI is InChI=1S/C23H23F2N3O4/c1-13(2)31-19-5-4-15(8-20(19)30-3)22-26-23(32-27-22)16-9-21(29)28(12-16)11-14-6-17(24)10-18(25)7-14/h4-8,10,13,16H,9,11-12H2,1-3H3. The van der Waals surface area contributed by atoms with Gasteiger partial charge in [-0.15, -0.1) is 0 Å². The zero-order chi connectivity index (χ0) is 22.8. The van der Waals surface area contributed by atoms with Gasteiger partial charge in [-0.25, -0.2) is 8.78 Å². The van der Waals surface area contributed by atoms with Crippen LogP contribution in [0, 0.1) is 11.6 Å². The van der Waals surface area contributed by atoms with E-state index >= 15 is 0 Å². The van der Waals surface area contributed by atoms with Gasteiger partial charge in [0.1, 0.15) is 11.6 Å². The van der Waals surface area contributed by atoms with Crippen LogP contribution >= 0.6 is 0 Å². The molecule has 0 aliphatic carbocycles. The molecule has 2 heterocycles. The van der Waals surface area contributed by atoms with Gasteiger partial charge in [-0.1, -0.05) is 5.16 Å². The van der Waals surface area contributed by atoms with Gasteiger partial charge in [0, 0.05) is 31.1 Å². The lowest BCUT2D eigenvalue weighted by atomic mass is 10.1. The summed E-state index contributed by atoms with van der Waals surface area (Å²) in [6.07, 6.45) is 0.183. The Hall–Kier alpha value is -3.49. The topological polar surface area (TPSA) is 77.7 Å². The zero-order valence-electron chi connectivity index (χ0n) is 18.0. The largest absolute Gasteiger partial charge is 0.493 e. The molecule has 9 heteroatoms. The highest BCUT2D eigenvalue weighted by Crippen LogP contribution is 2.34. The van der Waals surface area contributed by atoms with Crippen LogP contribution in [-0.2, 0) is 11.3 Å². The molecule has 4 rings (SSSR count). The fraction of sp³-hybridized carbons (Fsp3) is 0.348. The van der Waals surface area contributed by atoms with Crippen molar-refractivity contribution in [3.05, 3.63) is 59.5 Å². The maximum Gasteiger partial charge on any atom is 0.232 e. The van der Waals surface area contributed by atoms with Gasteiger partial charge < -0.3 is 18.9 Å². The number of nitrogens with zero attached hydrogens (tertiary/aromatic N) is 3. The Bertz CT molecular complexity index is 1110. The van der Waals surface area contributed by atoms with Crippen LogP contribution < -0.4 is 9.47 Å². The highest BCUT2D eigenvalue weighted by molar-refractivity contribution is 5.79. The van der Waals surface area contributed by atoms with Crippen LogP contribution in [0.3, 0.4) is 0 Å². The third-order valence-corrected chi connectivity index (χ3v) is 5.09. The molecular formula is C23H23F2N3O4. The fourth-order valence-corrected chi connectivity index (χ4v) is 3.69. The molecule has 1 unspecified atom stereocenters. The van der Waals surface area contributed by atoms with E-state index in [0.29, 0.717) is 40.9 Å². The van der Waals surface area contributed by atoms with E-state index in [1.165, 1.54) is 17.0 Å². The Kier molecular flexibility index (Phi) is 6.07. The zero-order valence-corrected chi connectivity index (χ0v) is 18.0. The lowest BCUT2D eigenvalue weighted by Gasteiger charge is -2.16. The van der Waals surface area contributed by atoms with Crippen molar-refractivity contribution in [1.82, 2.24) is 15.0 Å². The first kappa shape index (κ1) is 21.7. The smallest absolute Gasteiger partial charge is 0.232 e. The van der Waals surface area contributed by atoms with Gasteiger partial charge in [0.05, 0.1) is 19.1 Å². The first-order chi connectivity index (χ1) is 15.3. The van der Waals surface area contributed by atoms with Crippen LogP contribution in [0.25, 0.3) is 11.4 Å². The monoisotopic (exact) mass is 443 g/mol. The van der Waals surface area contributed by atoms with Crippen LogP contribution in [-0.4, -0.2) is 40.7 Å². The molecule has 1 fully saturated rings. The van der Waals surface area contributed by atoms with Gasteiger partial charge in [-0.2, -0.15) is 4.98 Å². The summed E-state index contributed by atoms with van der Waals surface area (Å²) < 4.78 is 43.5. The maximum absolute atomic E-state index is 13.5. The number of amides is 1. The first-order valence-electron chi connectivity index (χ1n) is 10.2. The van der Waals surface area contributed by atoms with Crippen molar-refractivity contribution in [1.29, 1.82) is 0 Å². The summed E-state index contributed by atoms with van der Waals surface area (Å²) in [5.41, 5.74) is 1.07. The normalized spacial score (nSPS) is 16.1. The molecule has 0 radical (unpaired) electrons. The molecule has 0 spiro atoms. The van der Waals surface area contributed by atoms with Crippen molar-refractivity contribution in [2.24, 2.45) is 0 Å². The number of aromatic nitrogens is 2.